The predicted octanol–water partition coefficient (Wildman–Crippen LogP) is 3.33. The lowest BCUT2D eigenvalue weighted by molar-refractivity contribution is 0.153. The van der Waals surface area contributed by atoms with Crippen LogP contribution in [0.15, 0.2) is 51.1 Å². The number of sulfonamides is 1. The number of nitrogens with one attached hydrogen (secondary N) is 1. The fraction of sp³-hybridized carbons (Fsp3) is 0.455. The summed E-state index contributed by atoms with van der Waals surface area (Å²) in [6, 6.07) is 11.8. The Bertz CT molecular complexity index is 1020. The number of rotatable bonds is 6. The highest BCUT2D eigenvalue weighted by molar-refractivity contribution is 7.99. The maximum absolute atomic E-state index is 12.9. The number of piperazine rings is 1. The molecule has 30 heavy (non-hydrogen) atoms. The topological polar surface area (TPSA) is 55.9 Å². The van der Waals surface area contributed by atoms with E-state index in [4.69, 9.17) is 0 Å². The van der Waals surface area contributed by atoms with Crippen molar-refractivity contribution in [1.82, 2.24) is 14.1 Å². The molecule has 1 N–H and O–H groups in total. The van der Waals surface area contributed by atoms with Crippen molar-refractivity contribution in [2.75, 3.05) is 59.2 Å². The van der Waals surface area contributed by atoms with E-state index in [2.05, 4.69) is 34.3 Å². The van der Waals surface area contributed by atoms with Crippen molar-refractivity contribution in [2.45, 2.75) is 27.5 Å². The maximum atomic E-state index is 12.9. The summed E-state index contributed by atoms with van der Waals surface area (Å²) >= 11 is 1.64. The summed E-state index contributed by atoms with van der Waals surface area (Å²) in [5.41, 5.74) is 3.21. The molecule has 162 valence electrons. The lowest BCUT2D eigenvalue weighted by Gasteiger charge is -2.32. The number of hydrogen-bond donors (Lipinski definition) is 1. The van der Waals surface area contributed by atoms with E-state index < -0.39 is 10.0 Å². The van der Waals surface area contributed by atoms with Gasteiger partial charge in [-0.15, -0.1) is 0 Å². The molecule has 2 heterocycles. The van der Waals surface area contributed by atoms with Gasteiger partial charge in [-0.2, -0.15) is 0 Å². The second-order valence-corrected chi connectivity index (χ2v) is 11.5. The monoisotopic (exact) mass is 446 g/mol. The fourth-order valence-electron chi connectivity index (χ4n) is 3.90. The Hall–Kier alpha value is -1.58. The average molecular weight is 447 g/mol. The molecule has 1 saturated heterocycles. The Morgan fingerprint density at radius 2 is 1.80 bits per heavy atom. The molecule has 2 aliphatic rings. The molecule has 2 aromatic rings. The van der Waals surface area contributed by atoms with Gasteiger partial charge in [0.05, 0.1) is 16.3 Å². The van der Waals surface area contributed by atoms with Crippen molar-refractivity contribution < 1.29 is 8.42 Å². The highest BCUT2D eigenvalue weighted by Crippen LogP contribution is 2.46. The second kappa shape index (κ2) is 8.88. The van der Waals surface area contributed by atoms with E-state index in [1.807, 2.05) is 24.3 Å². The standard InChI is InChI=1S/C22H30N4O2S2/c1-24(2)30(27,28)18-15-17(7-6-10-26-13-11-25(3)12-14-26)22-21(16-18)29-20-9-5-4-8-19(20)23-22/h4-5,8-9,15-16,23H,6-7,10-14H2,1-3H3. The Morgan fingerprint density at radius 3 is 2.53 bits per heavy atom. The van der Waals surface area contributed by atoms with Gasteiger partial charge in [0.25, 0.3) is 0 Å². The smallest absolute Gasteiger partial charge is 0.242 e. The molecule has 2 aromatic carbocycles. The molecule has 0 aliphatic carbocycles. The molecule has 0 saturated carbocycles. The number of para-hydroxylation sites is 1. The summed E-state index contributed by atoms with van der Waals surface area (Å²) in [6.45, 7) is 5.47. The van der Waals surface area contributed by atoms with Crippen molar-refractivity contribution in [2.24, 2.45) is 0 Å². The number of benzene rings is 2. The number of nitrogens with zero attached hydrogens (tertiary/aromatic N) is 3. The molecule has 4 rings (SSSR count). The summed E-state index contributed by atoms with van der Waals surface area (Å²) < 4.78 is 27.0. The van der Waals surface area contributed by atoms with Gasteiger partial charge in [0.1, 0.15) is 0 Å². The minimum atomic E-state index is -3.49. The normalized spacial score (nSPS) is 17.5. The first-order chi connectivity index (χ1) is 14.3. The molecule has 0 atom stereocenters. The lowest BCUT2D eigenvalue weighted by atomic mass is 10.1. The van der Waals surface area contributed by atoms with Crippen molar-refractivity contribution in [1.29, 1.82) is 0 Å². The van der Waals surface area contributed by atoms with Crippen molar-refractivity contribution in [3.8, 4) is 0 Å². The first-order valence-corrected chi connectivity index (χ1v) is 12.6. The van der Waals surface area contributed by atoms with Crippen LogP contribution >= 0.6 is 11.8 Å². The van der Waals surface area contributed by atoms with Crippen LogP contribution in [0.5, 0.6) is 0 Å². The number of aryl methyl sites for hydroxylation is 1. The number of hydrogen-bond acceptors (Lipinski definition) is 6. The first-order valence-electron chi connectivity index (χ1n) is 10.4. The van der Waals surface area contributed by atoms with Gasteiger partial charge >= 0.3 is 0 Å². The van der Waals surface area contributed by atoms with Crippen LogP contribution in [0.1, 0.15) is 12.0 Å². The average Bonchev–Trinajstić information content (AvgIpc) is 2.73. The summed E-state index contributed by atoms with van der Waals surface area (Å²) in [6.07, 6.45) is 1.86. The largest absolute Gasteiger partial charge is 0.353 e. The van der Waals surface area contributed by atoms with Gasteiger partial charge in [0.2, 0.25) is 10.0 Å². The third-order valence-corrected chi connectivity index (χ3v) is 8.73. The lowest BCUT2D eigenvalue weighted by Crippen LogP contribution is -2.44. The van der Waals surface area contributed by atoms with Crippen LogP contribution in [0.2, 0.25) is 0 Å². The van der Waals surface area contributed by atoms with E-state index in [1.165, 1.54) is 4.31 Å². The summed E-state index contributed by atoms with van der Waals surface area (Å²) in [5, 5.41) is 3.56. The Balaban J connectivity index is 1.60. The number of fused-ring (bicyclic) bond motifs is 2. The number of likely N-dealkylation sites (N-methyl/N-ethyl adjacent to an activating group) is 1. The van der Waals surface area contributed by atoms with Crippen LogP contribution in [-0.2, 0) is 16.4 Å². The highest BCUT2D eigenvalue weighted by atomic mass is 32.2. The zero-order valence-electron chi connectivity index (χ0n) is 17.9. The third-order valence-electron chi connectivity index (χ3n) is 5.82. The SMILES string of the molecule is CN1CCN(CCCc2cc(S(=O)(=O)N(C)C)cc3c2Nc2ccccc2S3)CC1. The van der Waals surface area contributed by atoms with Crippen LogP contribution in [0.3, 0.4) is 0 Å². The Kier molecular flexibility index (Phi) is 6.41. The van der Waals surface area contributed by atoms with Gasteiger partial charge in [-0.3, -0.25) is 0 Å². The van der Waals surface area contributed by atoms with Crippen LogP contribution in [0.4, 0.5) is 11.4 Å². The van der Waals surface area contributed by atoms with E-state index >= 15 is 0 Å². The zero-order chi connectivity index (χ0) is 21.3. The molecule has 8 heteroatoms. The summed E-state index contributed by atoms with van der Waals surface area (Å²) in [5.74, 6) is 0. The van der Waals surface area contributed by atoms with Crippen LogP contribution in [0.25, 0.3) is 0 Å². The van der Waals surface area contributed by atoms with Crippen LogP contribution in [0, 0.1) is 0 Å². The molecular formula is C22H30N4O2S2. The minimum absolute atomic E-state index is 0.370. The second-order valence-electron chi connectivity index (χ2n) is 8.21. The third kappa shape index (κ3) is 4.53. The molecule has 0 amide bonds. The van der Waals surface area contributed by atoms with Gasteiger partial charge in [0, 0.05) is 50.1 Å². The van der Waals surface area contributed by atoms with Gasteiger partial charge in [-0.25, -0.2) is 12.7 Å². The summed E-state index contributed by atoms with van der Waals surface area (Å²) in [4.78, 5) is 7.33. The van der Waals surface area contributed by atoms with E-state index in [-0.39, 0.29) is 0 Å². The van der Waals surface area contributed by atoms with Gasteiger partial charge < -0.3 is 15.1 Å². The Morgan fingerprint density at radius 1 is 1.07 bits per heavy atom. The summed E-state index contributed by atoms with van der Waals surface area (Å²) in [7, 11) is 1.85. The molecular weight excluding hydrogens is 416 g/mol. The minimum Gasteiger partial charge on any atom is -0.353 e. The number of anilines is 2. The highest BCUT2D eigenvalue weighted by Gasteiger charge is 2.25. The fourth-order valence-corrected chi connectivity index (χ4v) is 6.04. The van der Waals surface area contributed by atoms with Crippen molar-refractivity contribution in [3.63, 3.8) is 0 Å². The quantitative estimate of drug-likeness (QED) is 0.627. The molecule has 0 spiro atoms. The van der Waals surface area contributed by atoms with E-state index in [0.717, 1.165) is 72.3 Å². The van der Waals surface area contributed by atoms with E-state index in [1.54, 1.807) is 25.9 Å². The molecule has 6 nitrogen and oxygen atoms in total. The van der Waals surface area contributed by atoms with Crippen LogP contribution in [-0.4, -0.2) is 76.4 Å². The van der Waals surface area contributed by atoms with Gasteiger partial charge in [-0.1, -0.05) is 23.9 Å². The zero-order valence-corrected chi connectivity index (χ0v) is 19.5. The molecule has 0 unspecified atom stereocenters. The van der Waals surface area contributed by atoms with Crippen LogP contribution < -0.4 is 5.32 Å². The van der Waals surface area contributed by atoms with Gasteiger partial charge in [-0.05, 0) is 56.3 Å². The molecule has 2 aliphatic heterocycles. The molecule has 1 fully saturated rings. The Labute approximate surface area is 184 Å². The van der Waals surface area contributed by atoms with E-state index in [9.17, 15) is 8.42 Å². The van der Waals surface area contributed by atoms with Crippen molar-refractivity contribution in [3.05, 3.63) is 42.0 Å². The molecule has 0 radical (unpaired) electrons. The molecule has 0 aromatic heterocycles. The van der Waals surface area contributed by atoms with E-state index in [0.29, 0.717) is 4.90 Å². The predicted molar refractivity (Wildman–Crippen MR) is 123 cm³/mol. The first kappa shape index (κ1) is 21.6. The molecule has 0 bridgehead atoms. The van der Waals surface area contributed by atoms with Gasteiger partial charge in [0.15, 0.2) is 0 Å². The van der Waals surface area contributed by atoms with Crippen molar-refractivity contribution >= 4 is 33.2 Å². The maximum Gasteiger partial charge on any atom is 0.242 e.